The summed E-state index contributed by atoms with van der Waals surface area (Å²) in [5, 5.41) is 1.23. The van der Waals surface area contributed by atoms with E-state index >= 15 is 0 Å². The van der Waals surface area contributed by atoms with Crippen molar-refractivity contribution in [2.24, 2.45) is 4.99 Å². The van der Waals surface area contributed by atoms with Gasteiger partial charge in [-0.25, -0.2) is 0 Å². The van der Waals surface area contributed by atoms with Crippen LogP contribution in [0.3, 0.4) is 0 Å². The molecule has 1 fully saturated rings. The Kier molecular flexibility index (Phi) is 6.10. The van der Waals surface area contributed by atoms with E-state index in [0.717, 1.165) is 43.0 Å². The lowest BCUT2D eigenvalue weighted by atomic mass is 10.1. The fourth-order valence-corrected chi connectivity index (χ4v) is 4.57. The number of halogens is 1. The van der Waals surface area contributed by atoms with E-state index in [4.69, 9.17) is 9.73 Å². The number of hydrogen-bond donors (Lipinski definition) is 0. The second-order valence-corrected chi connectivity index (χ2v) is 9.02. The molecule has 0 aliphatic carbocycles. The van der Waals surface area contributed by atoms with E-state index < -0.39 is 0 Å². The average molecular weight is 488 g/mol. The van der Waals surface area contributed by atoms with E-state index in [2.05, 4.69) is 105 Å². The minimum absolute atomic E-state index is 0.795. The zero-order valence-corrected chi connectivity index (χ0v) is 19.8. The number of para-hydroxylation sites is 1. The number of aromatic nitrogens is 1. The van der Waals surface area contributed by atoms with Gasteiger partial charge in [0.05, 0.1) is 18.9 Å². The highest BCUT2D eigenvalue weighted by atomic mass is 79.9. The van der Waals surface area contributed by atoms with Gasteiger partial charge < -0.3 is 14.2 Å². The summed E-state index contributed by atoms with van der Waals surface area (Å²) in [6.07, 6.45) is 2.01. The SMILES string of the molecule is Cc1c(C=Nc2ccc(N3CCOCC3)cc2)c2ccccc2n1Cc1ccc(Br)cc1. The van der Waals surface area contributed by atoms with E-state index in [1.807, 2.05) is 6.21 Å². The highest BCUT2D eigenvalue weighted by Gasteiger charge is 2.13. The van der Waals surface area contributed by atoms with Crippen molar-refractivity contribution in [2.75, 3.05) is 31.2 Å². The summed E-state index contributed by atoms with van der Waals surface area (Å²) in [5.74, 6) is 0. The molecule has 4 aromatic rings. The summed E-state index contributed by atoms with van der Waals surface area (Å²) in [7, 11) is 0. The Morgan fingerprint density at radius 1 is 0.938 bits per heavy atom. The van der Waals surface area contributed by atoms with E-state index in [-0.39, 0.29) is 0 Å². The number of fused-ring (bicyclic) bond motifs is 1. The quantitative estimate of drug-likeness (QED) is 0.307. The molecule has 32 heavy (non-hydrogen) atoms. The molecule has 162 valence electrons. The Balaban J connectivity index is 1.43. The van der Waals surface area contributed by atoms with Crippen molar-refractivity contribution in [3.05, 3.63) is 94.1 Å². The van der Waals surface area contributed by atoms with Crippen molar-refractivity contribution in [1.82, 2.24) is 4.57 Å². The Morgan fingerprint density at radius 3 is 2.41 bits per heavy atom. The smallest absolute Gasteiger partial charge is 0.0642 e. The van der Waals surface area contributed by atoms with Crippen molar-refractivity contribution in [3.8, 4) is 0 Å². The van der Waals surface area contributed by atoms with Gasteiger partial charge in [0.15, 0.2) is 0 Å². The average Bonchev–Trinajstić information content (AvgIpc) is 3.11. The molecule has 0 unspecified atom stereocenters. The van der Waals surface area contributed by atoms with E-state index in [0.29, 0.717) is 0 Å². The first-order valence-electron chi connectivity index (χ1n) is 11.0. The van der Waals surface area contributed by atoms with Gasteiger partial charge in [0, 0.05) is 58.2 Å². The summed E-state index contributed by atoms with van der Waals surface area (Å²) >= 11 is 3.53. The Hall–Kier alpha value is -2.89. The van der Waals surface area contributed by atoms with Crippen molar-refractivity contribution in [2.45, 2.75) is 13.5 Å². The predicted octanol–water partition coefficient (Wildman–Crippen LogP) is 6.35. The summed E-state index contributed by atoms with van der Waals surface area (Å²) in [5.41, 5.74) is 7.11. The van der Waals surface area contributed by atoms with Crippen LogP contribution < -0.4 is 4.90 Å². The van der Waals surface area contributed by atoms with E-state index in [1.165, 1.54) is 33.4 Å². The Labute approximate surface area is 197 Å². The second-order valence-electron chi connectivity index (χ2n) is 8.10. The molecule has 1 aliphatic rings. The van der Waals surface area contributed by atoms with Crippen LogP contribution in [0.4, 0.5) is 11.4 Å². The number of rotatable bonds is 5. The highest BCUT2D eigenvalue weighted by molar-refractivity contribution is 9.10. The monoisotopic (exact) mass is 487 g/mol. The highest BCUT2D eigenvalue weighted by Crippen LogP contribution is 2.27. The molecule has 1 aliphatic heterocycles. The van der Waals surface area contributed by atoms with E-state index in [1.54, 1.807) is 0 Å². The van der Waals surface area contributed by atoms with Crippen molar-refractivity contribution >= 4 is 44.4 Å². The van der Waals surface area contributed by atoms with Crippen LogP contribution in [0.5, 0.6) is 0 Å². The molecular formula is C27H26BrN3O. The molecule has 0 radical (unpaired) electrons. The third-order valence-electron chi connectivity index (χ3n) is 6.10. The molecule has 4 nitrogen and oxygen atoms in total. The number of morpholine rings is 1. The zero-order valence-electron chi connectivity index (χ0n) is 18.2. The number of anilines is 1. The molecule has 3 aromatic carbocycles. The van der Waals surface area contributed by atoms with Gasteiger partial charge in [-0.15, -0.1) is 0 Å². The van der Waals surface area contributed by atoms with Crippen molar-refractivity contribution in [1.29, 1.82) is 0 Å². The van der Waals surface area contributed by atoms with Gasteiger partial charge >= 0.3 is 0 Å². The van der Waals surface area contributed by atoms with Crippen molar-refractivity contribution in [3.63, 3.8) is 0 Å². The van der Waals surface area contributed by atoms with Gasteiger partial charge in [-0.3, -0.25) is 4.99 Å². The summed E-state index contributed by atoms with van der Waals surface area (Å²) < 4.78 is 8.93. The van der Waals surface area contributed by atoms with Crippen LogP contribution in [0.1, 0.15) is 16.8 Å². The van der Waals surface area contributed by atoms with Gasteiger partial charge in [-0.05, 0) is 55.0 Å². The summed E-state index contributed by atoms with van der Waals surface area (Å²) in [6, 6.07) is 25.6. The molecule has 0 amide bonds. The molecular weight excluding hydrogens is 462 g/mol. The summed E-state index contributed by atoms with van der Waals surface area (Å²) in [4.78, 5) is 7.18. The molecule has 5 heteroatoms. The molecule has 2 heterocycles. The van der Waals surface area contributed by atoms with E-state index in [9.17, 15) is 0 Å². The maximum Gasteiger partial charge on any atom is 0.0642 e. The second kappa shape index (κ2) is 9.31. The van der Waals surface area contributed by atoms with Gasteiger partial charge in [0.25, 0.3) is 0 Å². The first kappa shape index (κ1) is 21.0. The van der Waals surface area contributed by atoms with Crippen LogP contribution in [-0.4, -0.2) is 37.1 Å². The molecule has 0 bridgehead atoms. The number of benzene rings is 3. The lowest BCUT2D eigenvalue weighted by molar-refractivity contribution is 0.122. The molecule has 1 saturated heterocycles. The minimum Gasteiger partial charge on any atom is -0.378 e. The lowest BCUT2D eigenvalue weighted by Crippen LogP contribution is -2.36. The minimum atomic E-state index is 0.795. The van der Waals surface area contributed by atoms with Gasteiger partial charge in [0.2, 0.25) is 0 Å². The summed E-state index contributed by atoms with van der Waals surface area (Å²) in [6.45, 7) is 6.50. The first-order valence-corrected chi connectivity index (χ1v) is 11.8. The number of nitrogens with zero attached hydrogens (tertiary/aromatic N) is 3. The maximum atomic E-state index is 5.45. The normalized spacial score (nSPS) is 14.5. The third kappa shape index (κ3) is 4.36. The van der Waals surface area contributed by atoms with Crippen LogP contribution in [0.2, 0.25) is 0 Å². The molecule has 0 spiro atoms. The largest absolute Gasteiger partial charge is 0.378 e. The maximum absolute atomic E-state index is 5.45. The van der Waals surface area contributed by atoms with Gasteiger partial charge in [0.1, 0.15) is 0 Å². The van der Waals surface area contributed by atoms with Crippen LogP contribution in [0.25, 0.3) is 10.9 Å². The van der Waals surface area contributed by atoms with Gasteiger partial charge in [-0.2, -0.15) is 0 Å². The Morgan fingerprint density at radius 2 is 1.66 bits per heavy atom. The van der Waals surface area contributed by atoms with Crippen LogP contribution in [0, 0.1) is 6.92 Å². The fraction of sp³-hybridized carbons (Fsp3) is 0.222. The third-order valence-corrected chi connectivity index (χ3v) is 6.63. The van der Waals surface area contributed by atoms with Crippen LogP contribution >= 0.6 is 15.9 Å². The topological polar surface area (TPSA) is 29.8 Å². The number of ether oxygens (including phenoxy) is 1. The zero-order chi connectivity index (χ0) is 21.9. The molecule has 0 N–H and O–H groups in total. The molecule has 1 aromatic heterocycles. The standard InChI is InChI=1S/C27H26BrN3O/c1-20-26(18-29-23-10-12-24(13-11-23)30-14-16-32-17-15-30)25-4-2-3-5-27(25)31(20)19-21-6-8-22(28)9-7-21/h2-13,18H,14-17,19H2,1H3. The number of aliphatic imine (C=N–C) groups is 1. The fourth-order valence-electron chi connectivity index (χ4n) is 4.31. The first-order chi connectivity index (χ1) is 15.7. The molecule has 0 saturated carbocycles. The van der Waals surface area contributed by atoms with Crippen LogP contribution in [0.15, 0.2) is 82.3 Å². The Bertz CT molecular complexity index is 1240. The van der Waals surface area contributed by atoms with Crippen LogP contribution in [-0.2, 0) is 11.3 Å². The lowest BCUT2D eigenvalue weighted by Gasteiger charge is -2.28. The van der Waals surface area contributed by atoms with Crippen molar-refractivity contribution < 1.29 is 4.74 Å². The van der Waals surface area contributed by atoms with Gasteiger partial charge in [-0.1, -0.05) is 46.3 Å². The molecule has 0 atom stereocenters. The predicted molar refractivity (Wildman–Crippen MR) is 137 cm³/mol. The number of hydrogen-bond acceptors (Lipinski definition) is 3. The molecule has 5 rings (SSSR count).